The molecule has 3 aromatic carbocycles. The molecule has 0 atom stereocenters. The Labute approximate surface area is 144 Å². The van der Waals surface area contributed by atoms with Gasteiger partial charge in [0.05, 0.1) is 0 Å². The zero-order valence-corrected chi connectivity index (χ0v) is 13.1. The first kappa shape index (κ1) is 14.8. The maximum absolute atomic E-state index is 11.3. The molecule has 0 heterocycles. The summed E-state index contributed by atoms with van der Waals surface area (Å²) >= 11 is 0. The first-order valence-electron chi connectivity index (χ1n) is 5.45. The molecular formula is C14H12CaO3S. The summed E-state index contributed by atoms with van der Waals surface area (Å²) in [5.41, 5.74) is 0. The maximum atomic E-state index is 11.3. The van der Waals surface area contributed by atoms with Crippen LogP contribution in [0.2, 0.25) is 0 Å². The predicted molar refractivity (Wildman–Crippen MR) is 79.2 cm³/mol. The van der Waals surface area contributed by atoms with E-state index >= 15 is 0 Å². The largest absolute Gasteiger partial charge is 2.00 e. The van der Waals surface area contributed by atoms with Crippen LogP contribution in [0.5, 0.6) is 0 Å². The number of hydrogen-bond donors (Lipinski definition) is 1. The van der Waals surface area contributed by atoms with Crippen LogP contribution in [0.4, 0.5) is 0 Å². The summed E-state index contributed by atoms with van der Waals surface area (Å²) in [6.07, 6.45) is 0. The zero-order valence-electron chi connectivity index (χ0n) is 12.1. The first-order chi connectivity index (χ1) is 8.55. The Morgan fingerprint density at radius 1 is 0.842 bits per heavy atom. The van der Waals surface area contributed by atoms with Crippen LogP contribution in [0.3, 0.4) is 0 Å². The maximum Gasteiger partial charge on any atom is 2.00 e. The third-order valence-electron chi connectivity index (χ3n) is 2.98. The van der Waals surface area contributed by atoms with Crippen LogP contribution in [0.15, 0.2) is 59.5 Å². The van der Waals surface area contributed by atoms with Gasteiger partial charge in [0.2, 0.25) is 0 Å². The molecule has 5 heteroatoms. The molecule has 0 aromatic heterocycles. The monoisotopic (exact) mass is 300 g/mol. The molecule has 0 saturated heterocycles. The third kappa shape index (κ3) is 2.78. The van der Waals surface area contributed by atoms with Gasteiger partial charge in [0.1, 0.15) is 4.90 Å². The van der Waals surface area contributed by atoms with Crippen LogP contribution in [-0.2, 0) is 10.1 Å². The minimum absolute atomic E-state index is 0. The first-order valence-corrected chi connectivity index (χ1v) is 6.89. The van der Waals surface area contributed by atoms with Crippen molar-refractivity contribution in [2.75, 3.05) is 0 Å². The molecule has 3 rings (SSSR count). The number of fused-ring (bicyclic) bond motifs is 2. The van der Waals surface area contributed by atoms with Gasteiger partial charge in [0.15, 0.2) is 0 Å². The van der Waals surface area contributed by atoms with Gasteiger partial charge in [-0.3, -0.25) is 4.55 Å². The van der Waals surface area contributed by atoms with Gasteiger partial charge in [-0.25, -0.2) is 0 Å². The third-order valence-corrected chi connectivity index (χ3v) is 3.90. The summed E-state index contributed by atoms with van der Waals surface area (Å²) in [5.74, 6) is 0. The molecule has 3 aromatic rings. The Morgan fingerprint density at radius 3 is 2.05 bits per heavy atom. The smallest absolute Gasteiger partial charge is 1.00 e. The molecule has 0 unspecified atom stereocenters. The molecule has 0 fully saturated rings. The molecular weight excluding hydrogens is 288 g/mol. The molecule has 0 amide bonds. The number of rotatable bonds is 1. The molecule has 0 saturated carbocycles. The molecule has 0 aliphatic rings. The SMILES string of the molecule is O=S(=O)(O)c1cccc2cc3ccccc3cc12.[Ca+2].[H-].[H-]. The van der Waals surface area contributed by atoms with Gasteiger partial charge in [0, 0.05) is 5.39 Å². The Morgan fingerprint density at radius 2 is 1.42 bits per heavy atom. The molecule has 0 aliphatic carbocycles. The standard InChI is InChI=1S/C14H10O3S.Ca.2H/c15-18(16,17)14-7-3-6-12-8-10-4-1-2-5-11(10)9-13(12)14;;;/h1-9H,(H,15,16,17);;;/q;+2;2*-1. The van der Waals surface area contributed by atoms with Gasteiger partial charge >= 0.3 is 37.7 Å². The van der Waals surface area contributed by atoms with E-state index < -0.39 is 10.1 Å². The van der Waals surface area contributed by atoms with Gasteiger partial charge in [0.25, 0.3) is 10.1 Å². The quantitative estimate of drug-likeness (QED) is 0.427. The van der Waals surface area contributed by atoms with E-state index in [1.54, 1.807) is 12.1 Å². The van der Waals surface area contributed by atoms with Crippen molar-refractivity contribution in [1.82, 2.24) is 0 Å². The van der Waals surface area contributed by atoms with Crippen LogP contribution in [0.25, 0.3) is 21.5 Å². The minimum atomic E-state index is -4.20. The number of hydrogen-bond acceptors (Lipinski definition) is 2. The number of benzene rings is 3. The van der Waals surface area contributed by atoms with Crippen LogP contribution < -0.4 is 0 Å². The van der Waals surface area contributed by atoms with Gasteiger partial charge in [-0.15, -0.1) is 0 Å². The molecule has 3 nitrogen and oxygen atoms in total. The van der Waals surface area contributed by atoms with E-state index in [0.29, 0.717) is 5.39 Å². The van der Waals surface area contributed by atoms with Crippen LogP contribution in [-0.4, -0.2) is 50.7 Å². The summed E-state index contributed by atoms with van der Waals surface area (Å²) in [7, 11) is -4.20. The van der Waals surface area contributed by atoms with Gasteiger partial charge in [-0.1, -0.05) is 36.4 Å². The second-order valence-electron chi connectivity index (χ2n) is 4.15. The minimum Gasteiger partial charge on any atom is -1.00 e. The van der Waals surface area contributed by atoms with E-state index in [1.807, 2.05) is 36.4 Å². The Hall–Kier alpha value is -0.650. The van der Waals surface area contributed by atoms with Crippen molar-refractivity contribution in [3.63, 3.8) is 0 Å². The Balaban J connectivity index is 0.00000133. The van der Waals surface area contributed by atoms with Gasteiger partial charge in [-0.05, 0) is 34.4 Å². The summed E-state index contributed by atoms with van der Waals surface area (Å²) in [4.78, 5) is -0.0502. The van der Waals surface area contributed by atoms with Crippen molar-refractivity contribution in [3.8, 4) is 0 Å². The fourth-order valence-electron chi connectivity index (χ4n) is 2.16. The van der Waals surface area contributed by atoms with Gasteiger partial charge < -0.3 is 2.85 Å². The van der Waals surface area contributed by atoms with Crippen molar-refractivity contribution in [2.24, 2.45) is 0 Å². The van der Waals surface area contributed by atoms with Crippen LogP contribution >= 0.6 is 0 Å². The van der Waals surface area contributed by atoms with E-state index in [-0.39, 0.29) is 45.5 Å². The van der Waals surface area contributed by atoms with Crippen molar-refractivity contribution in [1.29, 1.82) is 0 Å². The Kier molecular flexibility index (Phi) is 4.18. The fourth-order valence-corrected chi connectivity index (χ4v) is 2.87. The van der Waals surface area contributed by atoms with E-state index in [9.17, 15) is 13.0 Å². The van der Waals surface area contributed by atoms with Crippen LogP contribution in [0, 0.1) is 0 Å². The van der Waals surface area contributed by atoms with Crippen molar-refractivity contribution in [3.05, 3.63) is 54.6 Å². The second-order valence-corrected chi connectivity index (χ2v) is 5.54. The Bertz CT molecular complexity index is 866. The summed E-state index contributed by atoms with van der Waals surface area (Å²) in [5, 5.41) is 3.32. The normalized spacial score (nSPS) is 11.4. The van der Waals surface area contributed by atoms with Gasteiger partial charge in [-0.2, -0.15) is 8.42 Å². The summed E-state index contributed by atoms with van der Waals surface area (Å²) < 4.78 is 31.9. The van der Waals surface area contributed by atoms with Crippen LogP contribution in [0.1, 0.15) is 2.85 Å². The van der Waals surface area contributed by atoms with Crippen molar-refractivity contribution < 1.29 is 15.8 Å². The van der Waals surface area contributed by atoms with E-state index in [0.717, 1.165) is 16.2 Å². The molecule has 19 heavy (non-hydrogen) atoms. The average molecular weight is 300 g/mol. The second kappa shape index (κ2) is 5.38. The molecule has 1 N–H and O–H groups in total. The molecule has 0 aliphatic heterocycles. The van der Waals surface area contributed by atoms with E-state index in [2.05, 4.69) is 0 Å². The molecule has 94 valence electrons. The average Bonchev–Trinajstić information content (AvgIpc) is 2.34. The molecule has 0 bridgehead atoms. The molecule has 0 radical (unpaired) electrons. The summed E-state index contributed by atoms with van der Waals surface area (Å²) in [6, 6.07) is 16.3. The zero-order chi connectivity index (χ0) is 12.8. The summed E-state index contributed by atoms with van der Waals surface area (Å²) in [6.45, 7) is 0. The fraction of sp³-hybridized carbons (Fsp3) is 0. The predicted octanol–water partition coefficient (Wildman–Crippen LogP) is 3.08. The van der Waals surface area contributed by atoms with E-state index in [1.165, 1.54) is 6.07 Å². The van der Waals surface area contributed by atoms with Crippen molar-refractivity contribution in [2.45, 2.75) is 4.90 Å². The van der Waals surface area contributed by atoms with Crippen molar-refractivity contribution >= 4 is 69.4 Å². The molecule has 0 spiro atoms. The topological polar surface area (TPSA) is 54.4 Å². The van der Waals surface area contributed by atoms with E-state index in [4.69, 9.17) is 0 Å².